The van der Waals surface area contributed by atoms with Gasteiger partial charge >= 0.3 is 0 Å². The number of rotatable bonds is 5. The van der Waals surface area contributed by atoms with Gasteiger partial charge in [0.25, 0.3) is 0 Å². The third-order valence-corrected chi connectivity index (χ3v) is 4.09. The molecule has 2 aromatic carbocycles. The quantitative estimate of drug-likeness (QED) is 0.914. The van der Waals surface area contributed by atoms with Gasteiger partial charge in [0.05, 0.1) is 0 Å². The highest BCUT2D eigenvalue weighted by molar-refractivity contribution is 5.97. The Labute approximate surface area is 140 Å². The summed E-state index contributed by atoms with van der Waals surface area (Å²) in [6, 6.07) is 13.7. The second kappa shape index (κ2) is 7.25. The average molecular weight is 326 g/mol. The van der Waals surface area contributed by atoms with E-state index in [2.05, 4.69) is 5.32 Å². The molecule has 24 heavy (non-hydrogen) atoms. The van der Waals surface area contributed by atoms with Gasteiger partial charge < -0.3 is 10.2 Å². The minimum Gasteiger partial charge on any atom is -0.326 e. The molecule has 0 atom stereocenters. The van der Waals surface area contributed by atoms with Gasteiger partial charge in [0.1, 0.15) is 5.82 Å². The van der Waals surface area contributed by atoms with Gasteiger partial charge in [-0.1, -0.05) is 24.3 Å². The van der Waals surface area contributed by atoms with Gasteiger partial charge in [-0.3, -0.25) is 9.59 Å². The first-order valence-corrected chi connectivity index (χ1v) is 8.07. The molecule has 1 saturated heterocycles. The maximum atomic E-state index is 13.6. The zero-order valence-corrected chi connectivity index (χ0v) is 13.3. The van der Waals surface area contributed by atoms with Crippen molar-refractivity contribution >= 4 is 23.2 Å². The molecule has 1 heterocycles. The van der Waals surface area contributed by atoms with Crippen molar-refractivity contribution < 1.29 is 14.0 Å². The number of carbonyl (C=O) groups is 2. The third-order valence-electron chi connectivity index (χ3n) is 4.09. The molecule has 5 heteroatoms. The van der Waals surface area contributed by atoms with Gasteiger partial charge in [0.15, 0.2) is 0 Å². The van der Waals surface area contributed by atoms with Crippen LogP contribution in [-0.2, 0) is 16.0 Å². The van der Waals surface area contributed by atoms with Crippen LogP contribution in [0.15, 0.2) is 48.5 Å². The highest BCUT2D eigenvalue weighted by Gasteiger charge is 2.21. The van der Waals surface area contributed by atoms with Crippen LogP contribution < -0.4 is 10.2 Å². The van der Waals surface area contributed by atoms with Crippen LogP contribution in [0.4, 0.5) is 15.8 Å². The number of nitrogens with one attached hydrogen (secondary N) is 1. The van der Waals surface area contributed by atoms with Crippen LogP contribution in [0.2, 0.25) is 0 Å². The molecule has 0 saturated carbocycles. The number of benzene rings is 2. The Hall–Kier alpha value is -2.69. The van der Waals surface area contributed by atoms with Crippen LogP contribution in [0.1, 0.15) is 24.8 Å². The van der Waals surface area contributed by atoms with Crippen LogP contribution in [0, 0.1) is 5.82 Å². The monoisotopic (exact) mass is 326 g/mol. The van der Waals surface area contributed by atoms with Crippen LogP contribution in [-0.4, -0.2) is 18.4 Å². The predicted octanol–water partition coefficient (Wildman–Crippen LogP) is 3.52. The van der Waals surface area contributed by atoms with Gasteiger partial charge in [0.2, 0.25) is 11.8 Å². The Bertz CT molecular complexity index is 761. The highest BCUT2D eigenvalue weighted by Crippen LogP contribution is 2.24. The molecular formula is C19H19FN2O2. The van der Waals surface area contributed by atoms with E-state index < -0.39 is 0 Å². The summed E-state index contributed by atoms with van der Waals surface area (Å²) in [6.45, 7) is 0.712. The van der Waals surface area contributed by atoms with Crippen LogP contribution >= 0.6 is 0 Å². The third kappa shape index (κ3) is 3.79. The van der Waals surface area contributed by atoms with Crippen LogP contribution in [0.5, 0.6) is 0 Å². The smallest absolute Gasteiger partial charge is 0.227 e. The minimum atomic E-state index is -0.292. The van der Waals surface area contributed by atoms with Crippen LogP contribution in [0.25, 0.3) is 0 Å². The van der Waals surface area contributed by atoms with Crippen LogP contribution in [0.3, 0.4) is 0 Å². The number of anilines is 2. The van der Waals surface area contributed by atoms with Crippen molar-refractivity contribution in [3.63, 3.8) is 0 Å². The summed E-state index contributed by atoms with van der Waals surface area (Å²) in [5.74, 6) is -0.360. The van der Waals surface area contributed by atoms with E-state index in [-0.39, 0.29) is 24.1 Å². The molecule has 0 aromatic heterocycles. The minimum absolute atomic E-state index is 0.109. The van der Waals surface area contributed by atoms with Crippen molar-refractivity contribution in [3.05, 3.63) is 59.9 Å². The van der Waals surface area contributed by atoms with E-state index in [1.807, 2.05) is 12.1 Å². The summed E-state index contributed by atoms with van der Waals surface area (Å²) >= 11 is 0. The van der Waals surface area contributed by atoms with E-state index in [4.69, 9.17) is 0 Å². The average Bonchev–Trinajstić information content (AvgIpc) is 3.00. The van der Waals surface area contributed by atoms with Gasteiger partial charge in [-0.25, -0.2) is 4.39 Å². The Kier molecular flexibility index (Phi) is 4.89. The predicted molar refractivity (Wildman–Crippen MR) is 91.4 cm³/mol. The number of amides is 2. The van der Waals surface area contributed by atoms with E-state index in [0.717, 1.165) is 12.1 Å². The normalized spacial score (nSPS) is 14.0. The highest BCUT2D eigenvalue weighted by atomic mass is 19.1. The molecule has 2 amide bonds. The Morgan fingerprint density at radius 3 is 2.75 bits per heavy atom. The van der Waals surface area contributed by atoms with Crippen molar-refractivity contribution in [2.24, 2.45) is 0 Å². The summed E-state index contributed by atoms with van der Waals surface area (Å²) in [6.07, 6.45) is 1.98. The molecule has 1 N–H and O–H groups in total. The van der Waals surface area contributed by atoms with Crippen molar-refractivity contribution in [1.82, 2.24) is 0 Å². The van der Waals surface area contributed by atoms with Crippen molar-refractivity contribution in [2.75, 3.05) is 16.8 Å². The van der Waals surface area contributed by atoms with Gasteiger partial charge in [0, 0.05) is 30.8 Å². The zero-order chi connectivity index (χ0) is 16.9. The second-order valence-electron chi connectivity index (χ2n) is 5.84. The number of halogens is 1. The maximum absolute atomic E-state index is 13.6. The van der Waals surface area contributed by atoms with Crippen molar-refractivity contribution in [3.8, 4) is 0 Å². The molecule has 2 aromatic rings. The molecule has 0 unspecified atom stereocenters. The lowest BCUT2D eigenvalue weighted by Gasteiger charge is -2.16. The van der Waals surface area contributed by atoms with Gasteiger partial charge in [-0.05, 0) is 42.7 Å². The Balaban J connectivity index is 1.60. The second-order valence-corrected chi connectivity index (χ2v) is 5.84. The standard InChI is InChI=1S/C19H19FN2O2/c20-17-8-2-1-5-14(17)10-11-18(23)21-15-6-3-7-16(13-15)22-12-4-9-19(22)24/h1-3,5-8,13H,4,9-12H2,(H,21,23). The molecule has 0 aliphatic carbocycles. The number of hydrogen-bond donors (Lipinski definition) is 1. The lowest BCUT2D eigenvalue weighted by molar-refractivity contribution is -0.117. The first-order valence-electron chi connectivity index (χ1n) is 8.07. The molecule has 1 fully saturated rings. The molecular weight excluding hydrogens is 307 g/mol. The molecule has 3 rings (SSSR count). The summed E-state index contributed by atoms with van der Waals surface area (Å²) in [4.78, 5) is 25.6. The molecule has 0 bridgehead atoms. The van der Waals surface area contributed by atoms with E-state index in [0.29, 0.717) is 30.6 Å². The molecule has 124 valence electrons. The summed E-state index contributed by atoms with van der Waals surface area (Å²) in [5.41, 5.74) is 1.97. The number of aryl methyl sites for hydroxylation is 1. The molecule has 1 aliphatic rings. The topological polar surface area (TPSA) is 49.4 Å². The SMILES string of the molecule is O=C(CCc1ccccc1F)Nc1cccc(N2CCCC2=O)c1. The zero-order valence-electron chi connectivity index (χ0n) is 13.3. The lowest BCUT2D eigenvalue weighted by atomic mass is 10.1. The van der Waals surface area contributed by atoms with E-state index in [1.165, 1.54) is 6.07 Å². The lowest BCUT2D eigenvalue weighted by Crippen LogP contribution is -2.23. The first-order chi connectivity index (χ1) is 11.6. The largest absolute Gasteiger partial charge is 0.326 e. The molecule has 0 spiro atoms. The summed E-state index contributed by atoms with van der Waals surface area (Å²) in [5, 5.41) is 2.81. The van der Waals surface area contributed by atoms with Gasteiger partial charge in [-0.2, -0.15) is 0 Å². The van der Waals surface area contributed by atoms with Crippen molar-refractivity contribution in [1.29, 1.82) is 0 Å². The number of nitrogens with zero attached hydrogens (tertiary/aromatic N) is 1. The molecule has 4 nitrogen and oxygen atoms in total. The fourth-order valence-electron chi connectivity index (χ4n) is 2.85. The summed E-state index contributed by atoms with van der Waals surface area (Å²) < 4.78 is 13.6. The molecule has 1 aliphatic heterocycles. The maximum Gasteiger partial charge on any atom is 0.227 e. The van der Waals surface area contributed by atoms with E-state index >= 15 is 0 Å². The number of hydrogen-bond acceptors (Lipinski definition) is 2. The van der Waals surface area contributed by atoms with E-state index in [9.17, 15) is 14.0 Å². The molecule has 0 radical (unpaired) electrons. The van der Waals surface area contributed by atoms with Gasteiger partial charge in [-0.15, -0.1) is 0 Å². The Morgan fingerprint density at radius 2 is 2.00 bits per heavy atom. The first kappa shape index (κ1) is 16.2. The van der Waals surface area contributed by atoms with Crippen molar-refractivity contribution in [2.45, 2.75) is 25.7 Å². The fraction of sp³-hybridized carbons (Fsp3) is 0.263. The number of carbonyl (C=O) groups excluding carboxylic acids is 2. The van der Waals surface area contributed by atoms with E-state index in [1.54, 1.807) is 35.2 Å². The Morgan fingerprint density at radius 1 is 1.17 bits per heavy atom. The fourth-order valence-corrected chi connectivity index (χ4v) is 2.85. The summed E-state index contributed by atoms with van der Waals surface area (Å²) in [7, 11) is 0.